The van der Waals surface area contributed by atoms with Gasteiger partial charge in [-0.05, 0) is 39.2 Å². The van der Waals surface area contributed by atoms with Gasteiger partial charge in [-0.3, -0.25) is 9.89 Å². The highest BCUT2D eigenvalue weighted by molar-refractivity contribution is 7.11. The van der Waals surface area contributed by atoms with Crippen LogP contribution in [0.1, 0.15) is 46.9 Å². The molecule has 1 unspecified atom stereocenters. The van der Waals surface area contributed by atoms with E-state index in [1.807, 2.05) is 7.05 Å². The predicted octanol–water partition coefficient (Wildman–Crippen LogP) is 3.65. The molecule has 0 saturated carbocycles. The van der Waals surface area contributed by atoms with Crippen molar-refractivity contribution in [3.8, 4) is 0 Å². The van der Waals surface area contributed by atoms with Crippen molar-refractivity contribution in [3.05, 3.63) is 51.5 Å². The maximum Gasteiger partial charge on any atom is 0.191 e. The van der Waals surface area contributed by atoms with E-state index in [9.17, 15) is 0 Å². The summed E-state index contributed by atoms with van der Waals surface area (Å²) in [4.78, 5) is 12.7. The van der Waals surface area contributed by atoms with Gasteiger partial charge in [-0.25, -0.2) is 4.98 Å². The van der Waals surface area contributed by atoms with Gasteiger partial charge in [-0.15, -0.1) is 11.3 Å². The first-order valence-corrected chi connectivity index (χ1v) is 10.6. The number of aromatic nitrogens is 1. The van der Waals surface area contributed by atoms with Gasteiger partial charge in [0.15, 0.2) is 5.96 Å². The molecule has 2 N–H and O–H groups in total. The highest BCUT2D eigenvalue weighted by Gasteiger charge is 2.24. The fraction of sp³-hybridized carbons (Fsp3) is 0.524. The lowest BCUT2D eigenvalue weighted by molar-refractivity contribution is 0.158. The number of guanidine groups is 1. The van der Waals surface area contributed by atoms with E-state index in [4.69, 9.17) is 0 Å². The Hall–Kier alpha value is -1.92. The molecule has 1 aromatic heterocycles. The Kier molecular flexibility index (Phi) is 6.85. The van der Waals surface area contributed by atoms with Crippen molar-refractivity contribution in [2.24, 2.45) is 4.99 Å². The number of piperidine rings is 1. The van der Waals surface area contributed by atoms with Gasteiger partial charge in [0.2, 0.25) is 0 Å². The SMILES string of the molecule is CN=C(NCc1sc(C)nc1C)NC1CCN(C(C)c2ccccc2)CC1. The molecule has 0 radical (unpaired) electrons. The van der Waals surface area contributed by atoms with Crippen LogP contribution in [0.4, 0.5) is 0 Å². The minimum Gasteiger partial charge on any atom is -0.354 e. The van der Waals surface area contributed by atoms with Crippen LogP contribution < -0.4 is 10.6 Å². The summed E-state index contributed by atoms with van der Waals surface area (Å²) in [7, 11) is 1.84. The molecular formula is C21H31N5S. The largest absolute Gasteiger partial charge is 0.354 e. The number of hydrogen-bond acceptors (Lipinski definition) is 4. The van der Waals surface area contributed by atoms with E-state index in [1.54, 1.807) is 11.3 Å². The lowest BCUT2D eigenvalue weighted by Gasteiger charge is -2.37. The van der Waals surface area contributed by atoms with E-state index in [0.29, 0.717) is 12.1 Å². The second-order valence-corrected chi connectivity index (χ2v) is 8.50. The molecule has 0 bridgehead atoms. The number of rotatable bonds is 5. The number of nitrogens with one attached hydrogen (secondary N) is 2. The maximum atomic E-state index is 4.49. The first-order chi connectivity index (χ1) is 13.1. The van der Waals surface area contributed by atoms with Crippen molar-refractivity contribution in [1.82, 2.24) is 20.5 Å². The third-order valence-corrected chi connectivity index (χ3v) is 6.41. The highest BCUT2D eigenvalue weighted by atomic mass is 32.1. The maximum absolute atomic E-state index is 4.49. The standard InChI is InChI=1S/C21H31N5S/c1-15-20(27-17(3)24-15)14-23-21(22-4)25-19-10-12-26(13-11-19)16(2)18-8-6-5-7-9-18/h5-9,16,19H,10-14H2,1-4H3,(H2,22,23,25). The third kappa shape index (κ3) is 5.30. The first-order valence-electron chi connectivity index (χ1n) is 9.76. The van der Waals surface area contributed by atoms with Gasteiger partial charge in [-0.1, -0.05) is 30.3 Å². The normalized spacial score (nSPS) is 17.7. The molecule has 1 fully saturated rings. The Balaban J connectivity index is 1.47. The number of hydrogen-bond donors (Lipinski definition) is 2. The Bertz CT molecular complexity index is 747. The molecule has 0 amide bonds. The number of thiazole rings is 1. The fourth-order valence-corrected chi connectivity index (χ4v) is 4.54. The fourth-order valence-electron chi connectivity index (χ4n) is 3.66. The number of aliphatic imine (C=N–C) groups is 1. The van der Waals surface area contributed by atoms with Crippen molar-refractivity contribution in [1.29, 1.82) is 0 Å². The predicted molar refractivity (Wildman–Crippen MR) is 114 cm³/mol. The molecule has 1 aliphatic rings. The van der Waals surface area contributed by atoms with Gasteiger partial charge >= 0.3 is 0 Å². The molecule has 2 heterocycles. The van der Waals surface area contributed by atoms with Crippen LogP contribution in [0.15, 0.2) is 35.3 Å². The van der Waals surface area contributed by atoms with Crippen LogP contribution >= 0.6 is 11.3 Å². The van der Waals surface area contributed by atoms with Crippen LogP contribution in [0.5, 0.6) is 0 Å². The molecule has 146 valence electrons. The van der Waals surface area contributed by atoms with Crippen LogP contribution in [-0.4, -0.2) is 42.0 Å². The molecule has 1 aromatic carbocycles. The first kappa shape index (κ1) is 19.8. The van der Waals surface area contributed by atoms with Crippen molar-refractivity contribution < 1.29 is 0 Å². The molecule has 5 nitrogen and oxygen atoms in total. The number of nitrogens with zero attached hydrogens (tertiary/aromatic N) is 3. The van der Waals surface area contributed by atoms with Crippen molar-refractivity contribution in [3.63, 3.8) is 0 Å². The van der Waals surface area contributed by atoms with E-state index < -0.39 is 0 Å². The van der Waals surface area contributed by atoms with Crippen LogP contribution in [-0.2, 0) is 6.54 Å². The number of likely N-dealkylation sites (tertiary alicyclic amines) is 1. The summed E-state index contributed by atoms with van der Waals surface area (Å²) in [5, 5.41) is 8.16. The molecular weight excluding hydrogens is 354 g/mol. The Morgan fingerprint density at radius 2 is 1.96 bits per heavy atom. The summed E-state index contributed by atoms with van der Waals surface area (Å²) >= 11 is 1.75. The van der Waals surface area contributed by atoms with Gasteiger partial charge in [0.1, 0.15) is 0 Å². The highest BCUT2D eigenvalue weighted by Crippen LogP contribution is 2.24. The van der Waals surface area contributed by atoms with Gasteiger partial charge in [0, 0.05) is 37.1 Å². The molecule has 1 atom stereocenters. The second-order valence-electron chi connectivity index (χ2n) is 7.21. The van der Waals surface area contributed by atoms with Crippen LogP contribution in [0, 0.1) is 13.8 Å². The van der Waals surface area contributed by atoms with E-state index in [-0.39, 0.29) is 0 Å². The summed E-state index contributed by atoms with van der Waals surface area (Å²) in [5.74, 6) is 0.884. The molecule has 1 aliphatic heterocycles. The van der Waals surface area contributed by atoms with E-state index in [1.165, 1.54) is 10.4 Å². The van der Waals surface area contributed by atoms with E-state index >= 15 is 0 Å². The van der Waals surface area contributed by atoms with Crippen molar-refractivity contribution in [2.75, 3.05) is 20.1 Å². The second kappa shape index (κ2) is 9.33. The van der Waals surface area contributed by atoms with Crippen LogP contribution in [0.2, 0.25) is 0 Å². The zero-order chi connectivity index (χ0) is 19.2. The lowest BCUT2D eigenvalue weighted by atomic mass is 10.0. The Labute approximate surface area is 166 Å². The quantitative estimate of drug-likeness (QED) is 0.609. The molecule has 0 aliphatic carbocycles. The van der Waals surface area contributed by atoms with Gasteiger partial charge in [0.05, 0.1) is 17.2 Å². The minimum absolute atomic E-state index is 0.472. The molecule has 1 saturated heterocycles. The number of aryl methyl sites for hydroxylation is 2. The van der Waals surface area contributed by atoms with Crippen molar-refractivity contribution >= 4 is 17.3 Å². The zero-order valence-corrected chi connectivity index (χ0v) is 17.6. The van der Waals surface area contributed by atoms with Crippen molar-refractivity contribution in [2.45, 2.75) is 52.2 Å². The average Bonchev–Trinajstić information content (AvgIpc) is 3.02. The molecule has 0 spiro atoms. The van der Waals surface area contributed by atoms with Gasteiger partial charge in [0.25, 0.3) is 0 Å². The van der Waals surface area contributed by atoms with E-state index in [2.05, 4.69) is 76.6 Å². The third-order valence-electron chi connectivity index (χ3n) is 5.34. The summed E-state index contributed by atoms with van der Waals surface area (Å²) in [6.07, 6.45) is 2.27. The van der Waals surface area contributed by atoms with Crippen LogP contribution in [0.3, 0.4) is 0 Å². The minimum atomic E-state index is 0.472. The molecule has 6 heteroatoms. The molecule has 2 aromatic rings. The summed E-state index contributed by atoms with van der Waals surface area (Å²) < 4.78 is 0. The Morgan fingerprint density at radius 1 is 1.26 bits per heavy atom. The summed E-state index contributed by atoms with van der Waals surface area (Å²) in [6.45, 7) is 9.43. The lowest BCUT2D eigenvalue weighted by Crippen LogP contribution is -2.48. The molecule has 3 rings (SSSR count). The van der Waals surface area contributed by atoms with Gasteiger partial charge < -0.3 is 10.6 Å². The van der Waals surface area contributed by atoms with Crippen LogP contribution in [0.25, 0.3) is 0 Å². The monoisotopic (exact) mass is 385 g/mol. The topological polar surface area (TPSA) is 52.6 Å². The summed E-state index contributed by atoms with van der Waals surface area (Å²) in [5.41, 5.74) is 2.51. The molecule has 27 heavy (non-hydrogen) atoms. The smallest absolute Gasteiger partial charge is 0.191 e. The number of benzene rings is 1. The van der Waals surface area contributed by atoms with Gasteiger partial charge in [-0.2, -0.15) is 0 Å². The van der Waals surface area contributed by atoms with E-state index in [0.717, 1.165) is 49.1 Å². The zero-order valence-electron chi connectivity index (χ0n) is 16.8. The summed E-state index contributed by atoms with van der Waals surface area (Å²) in [6, 6.07) is 11.7. The average molecular weight is 386 g/mol. The Morgan fingerprint density at radius 3 is 2.56 bits per heavy atom.